The molecule has 1 aliphatic carbocycles. The maximum absolute atomic E-state index is 12.1. The zero-order valence-corrected chi connectivity index (χ0v) is 9.69. The van der Waals surface area contributed by atoms with E-state index in [2.05, 4.69) is 6.92 Å². The Hall–Kier alpha value is -0.0500. The lowest BCUT2D eigenvalue weighted by atomic mass is 9.91. The molecule has 3 unspecified atom stereocenters. The van der Waals surface area contributed by atoms with E-state index < -0.39 is 9.73 Å². The second-order valence-electron chi connectivity index (χ2n) is 4.59. The minimum atomic E-state index is -2.33. The van der Waals surface area contributed by atoms with Gasteiger partial charge in [0, 0.05) is 20.2 Å². The van der Waals surface area contributed by atoms with Crippen LogP contribution in [-0.4, -0.2) is 14.7 Å². The van der Waals surface area contributed by atoms with Crippen LogP contribution in [0.1, 0.15) is 46.5 Å². The summed E-state index contributed by atoms with van der Waals surface area (Å²) in [5.41, 5.74) is 0. The molecule has 0 amide bonds. The van der Waals surface area contributed by atoms with Crippen LogP contribution in [0.3, 0.4) is 0 Å². The highest BCUT2D eigenvalue weighted by atomic mass is 32.2. The van der Waals surface area contributed by atoms with Gasteiger partial charge in [-0.2, -0.15) is 0 Å². The van der Waals surface area contributed by atoms with Crippen molar-refractivity contribution in [1.29, 1.82) is 4.78 Å². The molecule has 0 bridgehead atoms. The summed E-state index contributed by atoms with van der Waals surface area (Å²) >= 11 is 0. The average molecular weight is 203 g/mol. The van der Waals surface area contributed by atoms with Gasteiger partial charge in [0.2, 0.25) is 0 Å². The van der Waals surface area contributed by atoms with Crippen molar-refractivity contribution in [3.63, 3.8) is 0 Å². The summed E-state index contributed by atoms with van der Waals surface area (Å²) in [5.74, 6) is 0.670. The lowest BCUT2D eigenvalue weighted by molar-refractivity contribution is 0.387. The first-order valence-corrected chi connectivity index (χ1v) is 6.89. The van der Waals surface area contributed by atoms with Crippen molar-refractivity contribution < 1.29 is 4.21 Å². The van der Waals surface area contributed by atoms with Crippen molar-refractivity contribution in [2.75, 3.05) is 0 Å². The molecule has 2 nitrogen and oxygen atoms in total. The largest absolute Gasteiger partial charge is 0.252 e. The molecule has 0 spiro atoms. The molecule has 0 aliphatic heterocycles. The third kappa shape index (κ3) is 2.46. The molecule has 78 valence electrons. The highest BCUT2D eigenvalue weighted by Crippen LogP contribution is 2.30. The van der Waals surface area contributed by atoms with Gasteiger partial charge in [0.25, 0.3) is 0 Å². The topological polar surface area (TPSA) is 40.9 Å². The van der Waals surface area contributed by atoms with Gasteiger partial charge in [0.05, 0.1) is 0 Å². The van der Waals surface area contributed by atoms with Gasteiger partial charge in [-0.25, -0.2) is 4.21 Å². The smallest absolute Gasteiger partial charge is 0.0494 e. The summed E-state index contributed by atoms with van der Waals surface area (Å²) in [7, 11) is -2.33. The Kier molecular flexibility index (Phi) is 3.38. The zero-order valence-electron chi connectivity index (χ0n) is 8.88. The summed E-state index contributed by atoms with van der Waals surface area (Å²) in [6, 6.07) is 0. The van der Waals surface area contributed by atoms with Gasteiger partial charge in [-0.3, -0.25) is 4.78 Å². The predicted octanol–water partition coefficient (Wildman–Crippen LogP) is 3.02. The van der Waals surface area contributed by atoms with Crippen LogP contribution in [0, 0.1) is 10.7 Å². The molecule has 1 N–H and O–H groups in total. The van der Waals surface area contributed by atoms with E-state index in [-0.39, 0.29) is 10.5 Å². The molecular weight excluding hydrogens is 182 g/mol. The zero-order chi connectivity index (χ0) is 10.1. The van der Waals surface area contributed by atoms with E-state index in [1.807, 2.05) is 13.8 Å². The Balaban J connectivity index is 2.71. The highest BCUT2D eigenvalue weighted by molar-refractivity contribution is 7.93. The van der Waals surface area contributed by atoms with Crippen LogP contribution in [0.4, 0.5) is 0 Å². The van der Waals surface area contributed by atoms with Gasteiger partial charge < -0.3 is 0 Å². The number of hydrogen-bond acceptors (Lipinski definition) is 2. The molecule has 0 heterocycles. The van der Waals surface area contributed by atoms with Crippen LogP contribution >= 0.6 is 0 Å². The minimum Gasteiger partial charge on any atom is -0.252 e. The number of rotatable bonds is 2. The van der Waals surface area contributed by atoms with E-state index in [1.54, 1.807) is 0 Å². The first kappa shape index (κ1) is 11.0. The lowest BCUT2D eigenvalue weighted by Crippen LogP contribution is -2.31. The van der Waals surface area contributed by atoms with Crippen molar-refractivity contribution in [3.05, 3.63) is 0 Å². The second kappa shape index (κ2) is 3.99. The molecule has 0 saturated heterocycles. The molecule has 13 heavy (non-hydrogen) atoms. The summed E-state index contributed by atoms with van der Waals surface area (Å²) in [5, 5.41) is 0.180. The summed E-state index contributed by atoms with van der Waals surface area (Å²) in [6.07, 6.45) is 4.42. The van der Waals surface area contributed by atoms with E-state index in [9.17, 15) is 4.21 Å². The van der Waals surface area contributed by atoms with Gasteiger partial charge in [0.1, 0.15) is 0 Å². The third-order valence-corrected chi connectivity index (χ3v) is 5.90. The van der Waals surface area contributed by atoms with Crippen LogP contribution < -0.4 is 0 Å². The normalized spacial score (nSPS) is 34.5. The fourth-order valence-electron chi connectivity index (χ4n) is 2.08. The minimum absolute atomic E-state index is 0.0165. The maximum atomic E-state index is 12.1. The van der Waals surface area contributed by atoms with E-state index in [0.717, 1.165) is 19.3 Å². The van der Waals surface area contributed by atoms with Gasteiger partial charge in [-0.1, -0.05) is 33.6 Å². The van der Waals surface area contributed by atoms with Crippen molar-refractivity contribution in [3.8, 4) is 0 Å². The van der Waals surface area contributed by atoms with Gasteiger partial charge >= 0.3 is 0 Å². The van der Waals surface area contributed by atoms with E-state index >= 15 is 0 Å². The Morgan fingerprint density at radius 3 is 2.46 bits per heavy atom. The molecule has 1 saturated carbocycles. The van der Waals surface area contributed by atoms with Crippen molar-refractivity contribution in [2.45, 2.75) is 57.0 Å². The molecule has 3 atom stereocenters. The molecule has 0 aromatic rings. The Morgan fingerprint density at radius 2 is 2.00 bits per heavy atom. The molecule has 3 heteroatoms. The monoisotopic (exact) mass is 203 g/mol. The van der Waals surface area contributed by atoms with Crippen LogP contribution in [-0.2, 0) is 9.73 Å². The van der Waals surface area contributed by atoms with Crippen molar-refractivity contribution >= 4 is 9.73 Å². The molecule has 1 fully saturated rings. The molecular formula is C10H21NOS. The van der Waals surface area contributed by atoms with Gasteiger partial charge in [-0.05, 0) is 18.8 Å². The van der Waals surface area contributed by atoms with E-state index in [4.69, 9.17) is 4.78 Å². The first-order valence-electron chi connectivity index (χ1n) is 5.21. The van der Waals surface area contributed by atoms with Gasteiger partial charge in [-0.15, -0.1) is 0 Å². The second-order valence-corrected chi connectivity index (χ2v) is 7.49. The Morgan fingerprint density at radius 1 is 1.38 bits per heavy atom. The fraction of sp³-hybridized carbons (Fsp3) is 1.00. The average Bonchev–Trinajstić information content (AvgIpc) is 2.04. The number of hydrogen-bond donors (Lipinski definition) is 1. The van der Waals surface area contributed by atoms with Crippen LogP contribution in [0.25, 0.3) is 0 Å². The van der Waals surface area contributed by atoms with Gasteiger partial charge in [0.15, 0.2) is 0 Å². The summed E-state index contributed by atoms with van der Waals surface area (Å²) in [4.78, 5) is 0. The Bertz CT molecular complexity index is 256. The Labute approximate surface area is 82.1 Å². The molecule has 0 radical (unpaired) electrons. The van der Waals surface area contributed by atoms with Crippen LogP contribution in [0.15, 0.2) is 0 Å². The van der Waals surface area contributed by atoms with Crippen molar-refractivity contribution in [1.82, 2.24) is 0 Å². The van der Waals surface area contributed by atoms with Crippen LogP contribution in [0.5, 0.6) is 0 Å². The molecule has 0 aromatic heterocycles. The van der Waals surface area contributed by atoms with E-state index in [0.29, 0.717) is 5.92 Å². The predicted molar refractivity (Wildman–Crippen MR) is 57.4 cm³/mol. The van der Waals surface area contributed by atoms with Crippen molar-refractivity contribution in [2.24, 2.45) is 5.92 Å². The number of nitrogens with one attached hydrogen (secondary N) is 1. The molecule has 1 aliphatic rings. The quantitative estimate of drug-likeness (QED) is 0.736. The summed E-state index contributed by atoms with van der Waals surface area (Å²) < 4.78 is 19.9. The van der Waals surface area contributed by atoms with Crippen LogP contribution in [0.2, 0.25) is 0 Å². The summed E-state index contributed by atoms with van der Waals surface area (Å²) in [6.45, 7) is 6.03. The SMILES string of the molecule is CC1CCCC(S(=N)(=O)C(C)C)C1. The lowest BCUT2D eigenvalue weighted by Gasteiger charge is -2.29. The maximum Gasteiger partial charge on any atom is 0.0494 e. The molecule has 1 rings (SSSR count). The highest BCUT2D eigenvalue weighted by Gasteiger charge is 2.29. The fourth-order valence-corrected chi connectivity index (χ4v) is 3.98. The standard InChI is InChI=1S/C10H21NOS/c1-8(2)13(11,12)10-6-4-5-9(3)7-10/h8-11H,4-7H2,1-3H3. The first-order chi connectivity index (χ1) is 5.94. The van der Waals surface area contributed by atoms with E-state index in [1.165, 1.54) is 6.42 Å². The molecule has 0 aromatic carbocycles. The third-order valence-electron chi connectivity index (χ3n) is 3.08.